The van der Waals surface area contributed by atoms with Crippen LogP contribution in [-0.4, -0.2) is 45.6 Å². The molecule has 7 nitrogen and oxygen atoms in total. The standard InChI is InChI=1S/C23H27N3O4S/c1-2-23(26-18(15-31-23)22(29)30)20(21(28)24-14-17-11-7-4-8-12-17)25-19(27)13-16-9-5-3-6-10-16/h3-12,18,20,26H,2,13-15H2,1H3,(H,24,28)(H,25,27)(H,29,30). The maximum absolute atomic E-state index is 13.2. The fourth-order valence-corrected chi connectivity index (χ4v) is 5.04. The molecule has 1 saturated heterocycles. The minimum absolute atomic E-state index is 0.135. The normalized spacial score (nSPS) is 21.3. The highest BCUT2D eigenvalue weighted by Crippen LogP contribution is 2.37. The minimum atomic E-state index is -0.970. The summed E-state index contributed by atoms with van der Waals surface area (Å²) in [7, 11) is 0. The molecule has 0 spiro atoms. The molecule has 2 aromatic rings. The van der Waals surface area contributed by atoms with Gasteiger partial charge in [0.15, 0.2) is 0 Å². The van der Waals surface area contributed by atoms with Crippen LogP contribution in [0.15, 0.2) is 60.7 Å². The number of nitrogens with one attached hydrogen (secondary N) is 3. The van der Waals surface area contributed by atoms with Crippen molar-refractivity contribution >= 4 is 29.5 Å². The van der Waals surface area contributed by atoms with Gasteiger partial charge >= 0.3 is 5.97 Å². The number of aliphatic carboxylic acids is 1. The third-order valence-corrected chi connectivity index (χ3v) is 6.96. The van der Waals surface area contributed by atoms with Crippen LogP contribution in [0.3, 0.4) is 0 Å². The molecule has 2 aromatic carbocycles. The second-order valence-electron chi connectivity index (χ2n) is 7.46. The summed E-state index contributed by atoms with van der Waals surface area (Å²) >= 11 is 1.37. The number of thioether (sulfide) groups is 1. The molecule has 0 aliphatic carbocycles. The minimum Gasteiger partial charge on any atom is -0.480 e. The zero-order valence-corrected chi connectivity index (χ0v) is 18.2. The number of hydrogen-bond donors (Lipinski definition) is 4. The second kappa shape index (κ2) is 10.5. The average Bonchev–Trinajstić information content (AvgIpc) is 3.23. The van der Waals surface area contributed by atoms with E-state index < -0.39 is 22.9 Å². The van der Waals surface area contributed by atoms with Gasteiger partial charge in [-0.15, -0.1) is 11.8 Å². The first-order valence-electron chi connectivity index (χ1n) is 10.2. The van der Waals surface area contributed by atoms with E-state index in [1.807, 2.05) is 67.6 Å². The molecule has 0 aromatic heterocycles. The molecule has 3 unspecified atom stereocenters. The summed E-state index contributed by atoms with van der Waals surface area (Å²) in [6.45, 7) is 2.20. The van der Waals surface area contributed by atoms with Gasteiger partial charge < -0.3 is 15.7 Å². The smallest absolute Gasteiger partial charge is 0.321 e. The molecule has 1 heterocycles. The Morgan fingerprint density at radius 1 is 1.10 bits per heavy atom. The van der Waals surface area contributed by atoms with Gasteiger partial charge in [-0.25, -0.2) is 0 Å². The van der Waals surface area contributed by atoms with Crippen LogP contribution in [0.4, 0.5) is 0 Å². The summed E-state index contributed by atoms with van der Waals surface area (Å²) in [6.07, 6.45) is 0.604. The van der Waals surface area contributed by atoms with Crippen LogP contribution in [0.25, 0.3) is 0 Å². The summed E-state index contributed by atoms with van der Waals surface area (Å²) < 4.78 is 0. The predicted octanol–water partition coefficient (Wildman–Crippen LogP) is 1.93. The highest BCUT2D eigenvalue weighted by atomic mass is 32.2. The van der Waals surface area contributed by atoms with Crippen molar-refractivity contribution in [1.29, 1.82) is 0 Å². The lowest BCUT2D eigenvalue weighted by Gasteiger charge is -2.36. The number of rotatable bonds is 9. The zero-order valence-electron chi connectivity index (χ0n) is 17.3. The molecule has 0 saturated carbocycles. The Labute approximate surface area is 186 Å². The van der Waals surface area contributed by atoms with Crippen molar-refractivity contribution in [3.63, 3.8) is 0 Å². The van der Waals surface area contributed by atoms with E-state index in [1.54, 1.807) is 0 Å². The fraction of sp³-hybridized carbons (Fsp3) is 0.348. The Bertz CT molecular complexity index is 910. The van der Waals surface area contributed by atoms with Crippen LogP contribution in [0.1, 0.15) is 24.5 Å². The van der Waals surface area contributed by atoms with Crippen LogP contribution >= 0.6 is 11.8 Å². The lowest BCUT2D eigenvalue weighted by molar-refractivity contribution is -0.139. The molecule has 2 amide bonds. The number of carboxylic acid groups (broad SMARTS) is 1. The summed E-state index contributed by atoms with van der Waals surface area (Å²) in [4.78, 5) is 36.6. The average molecular weight is 442 g/mol. The molecule has 4 N–H and O–H groups in total. The summed E-state index contributed by atoms with van der Waals surface area (Å²) in [5.74, 6) is -1.29. The molecule has 1 fully saturated rings. The van der Waals surface area contributed by atoms with Crippen molar-refractivity contribution in [2.24, 2.45) is 0 Å². The van der Waals surface area contributed by atoms with Crippen LogP contribution < -0.4 is 16.0 Å². The Kier molecular flexibility index (Phi) is 7.70. The van der Waals surface area contributed by atoms with Crippen molar-refractivity contribution in [2.75, 3.05) is 5.75 Å². The van der Waals surface area contributed by atoms with Crippen LogP contribution in [0.5, 0.6) is 0 Å². The lowest BCUT2D eigenvalue weighted by Crippen LogP contribution is -2.64. The quantitative estimate of drug-likeness (QED) is 0.474. The molecule has 164 valence electrons. The topological polar surface area (TPSA) is 108 Å². The third kappa shape index (κ3) is 5.86. The number of hydrogen-bond acceptors (Lipinski definition) is 5. The van der Waals surface area contributed by atoms with Gasteiger partial charge in [0.2, 0.25) is 11.8 Å². The first-order valence-corrected chi connectivity index (χ1v) is 11.2. The van der Waals surface area contributed by atoms with Crippen molar-refractivity contribution in [3.05, 3.63) is 71.8 Å². The first-order chi connectivity index (χ1) is 14.9. The summed E-state index contributed by atoms with van der Waals surface area (Å²) in [6, 6.07) is 17.1. The van der Waals surface area contributed by atoms with Crippen molar-refractivity contribution in [1.82, 2.24) is 16.0 Å². The molecule has 8 heteroatoms. The first kappa shape index (κ1) is 22.8. The van der Waals surface area contributed by atoms with Crippen molar-refractivity contribution in [2.45, 2.75) is 43.3 Å². The number of carbonyl (C=O) groups is 3. The molecular weight excluding hydrogens is 414 g/mol. The highest BCUT2D eigenvalue weighted by molar-refractivity contribution is 8.01. The molecular formula is C23H27N3O4S. The predicted molar refractivity (Wildman–Crippen MR) is 120 cm³/mol. The summed E-state index contributed by atoms with van der Waals surface area (Å²) in [5, 5.41) is 18.3. The van der Waals surface area contributed by atoms with E-state index in [-0.39, 0.29) is 18.2 Å². The van der Waals surface area contributed by atoms with Gasteiger partial charge in [0.25, 0.3) is 0 Å². The molecule has 3 rings (SSSR count). The summed E-state index contributed by atoms with van der Waals surface area (Å²) in [5.41, 5.74) is 1.77. The van der Waals surface area contributed by atoms with Gasteiger partial charge in [-0.2, -0.15) is 0 Å². The number of carboxylic acids is 1. The van der Waals surface area contributed by atoms with Gasteiger partial charge in [0.1, 0.15) is 12.1 Å². The number of amides is 2. The maximum Gasteiger partial charge on any atom is 0.321 e. The van der Waals surface area contributed by atoms with Crippen molar-refractivity contribution in [3.8, 4) is 0 Å². The highest BCUT2D eigenvalue weighted by Gasteiger charge is 2.50. The van der Waals surface area contributed by atoms with E-state index in [1.165, 1.54) is 11.8 Å². The van der Waals surface area contributed by atoms with E-state index in [2.05, 4.69) is 16.0 Å². The van der Waals surface area contributed by atoms with Crippen LogP contribution in [-0.2, 0) is 27.3 Å². The molecule has 0 bridgehead atoms. The van der Waals surface area contributed by atoms with E-state index >= 15 is 0 Å². The Morgan fingerprint density at radius 3 is 2.26 bits per heavy atom. The van der Waals surface area contributed by atoms with E-state index in [0.29, 0.717) is 18.7 Å². The van der Waals surface area contributed by atoms with Crippen molar-refractivity contribution < 1.29 is 19.5 Å². The van der Waals surface area contributed by atoms with Crippen LogP contribution in [0.2, 0.25) is 0 Å². The van der Waals surface area contributed by atoms with Gasteiger partial charge in [0.05, 0.1) is 11.3 Å². The van der Waals surface area contributed by atoms with Gasteiger partial charge in [-0.1, -0.05) is 67.6 Å². The van der Waals surface area contributed by atoms with E-state index in [9.17, 15) is 19.5 Å². The SMILES string of the molecule is CCC1(C(NC(=O)Cc2ccccc2)C(=O)NCc2ccccc2)NC(C(=O)O)CS1. The van der Waals surface area contributed by atoms with Gasteiger partial charge in [-0.05, 0) is 17.5 Å². The third-order valence-electron chi connectivity index (χ3n) is 5.30. The Morgan fingerprint density at radius 2 is 1.71 bits per heavy atom. The van der Waals surface area contributed by atoms with Crippen LogP contribution in [0, 0.1) is 0 Å². The number of benzene rings is 2. The Hall–Kier alpha value is -2.84. The largest absolute Gasteiger partial charge is 0.480 e. The van der Waals surface area contributed by atoms with Gasteiger partial charge in [0, 0.05) is 12.3 Å². The number of carbonyl (C=O) groups excluding carboxylic acids is 2. The zero-order chi connectivity index (χ0) is 22.3. The molecule has 31 heavy (non-hydrogen) atoms. The van der Waals surface area contributed by atoms with E-state index in [0.717, 1.165) is 11.1 Å². The Balaban J connectivity index is 1.77. The monoisotopic (exact) mass is 441 g/mol. The second-order valence-corrected chi connectivity index (χ2v) is 8.81. The molecule has 1 aliphatic heterocycles. The molecule has 3 atom stereocenters. The lowest BCUT2D eigenvalue weighted by atomic mass is 10.0. The molecule has 0 radical (unpaired) electrons. The molecule has 1 aliphatic rings. The van der Waals surface area contributed by atoms with Gasteiger partial charge in [-0.3, -0.25) is 19.7 Å². The fourth-order valence-electron chi connectivity index (χ4n) is 3.59. The van der Waals surface area contributed by atoms with E-state index in [4.69, 9.17) is 0 Å². The maximum atomic E-state index is 13.2.